The predicted octanol–water partition coefficient (Wildman–Crippen LogP) is 2.83. The largest absolute Gasteiger partial charge is 0.454 e. The van der Waals surface area contributed by atoms with Gasteiger partial charge in [-0.15, -0.1) is 0 Å². The molecule has 2 amide bonds. The van der Waals surface area contributed by atoms with Crippen LogP contribution in [-0.4, -0.2) is 36.0 Å². The number of esters is 1. The summed E-state index contributed by atoms with van der Waals surface area (Å²) < 4.78 is 5.15. The number of carbonyl (C=O) groups is 3. The van der Waals surface area contributed by atoms with Gasteiger partial charge in [-0.2, -0.15) is 0 Å². The summed E-state index contributed by atoms with van der Waals surface area (Å²) in [5.74, 6) is 0.959. The van der Waals surface area contributed by atoms with E-state index < -0.39 is 12.0 Å². The van der Waals surface area contributed by atoms with Crippen molar-refractivity contribution in [3.05, 3.63) is 42.0 Å². The summed E-state index contributed by atoms with van der Waals surface area (Å²) in [6.07, 6.45) is 10.1. The van der Waals surface area contributed by atoms with Gasteiger partial charge in [-0.3, -0.25) is 9.59 Å². The Bertz CT molecular complexity index is 798. The summed E-state index contributed by atoms with van der Waals surface area (Å²) in [4.78, 5) is 36.6. The molecule has 4 aliphatic rings. The molecule has 0 heterocycles. The van der Waals surface area contributed by atoms with Gasteiger partial charge in [-0.05, 0) is 74.8 Å². The SMILES string of the molecule is C[C@H](NC(=O)/C=C/c1ccccc1)C(=O)OCC(=O)NC12CC3CC(CC(C3)C1)C2. The molecule has 30 heavy (non-hydrogen) atoms. The first kappa shape index (κ1) is 20.6. The van der Waals surface area contributed by atoms with Crippen molar-refractivity contribution in [3.8, 4) is 0 Å². The molecule has 6 heteroatoms. The minimum absolute atomic E-state index is 0.0969. The Morgan fingerprint density at radius 3 is 2.27 bits per heavy atom. The lowest BCUT2D eigenvalue weighted by molar-refractivity contribution is -0.152. The van der Waals surface area contributed by atoms with E-state index in [1.54, 1.807) is 13.0 Å². The first-order valence-corrected chi connectivity index (χ1v) is 10.9. The van der Waals surface area contributed by atoms with E-state index in [1.807, 2.05) is 30.3 Å². The highest BCUT2D eigenvalue weighted by Gasteiger charge is 2.51. The molecule has 1 aromatic carbocycles. The van der Waals surface area contributed by atoms with Gasteiger partial charge in [0, 0.05) is 11.6 Å². The van der Waals surface area contributed by atoms with Gasteiger partial charge in [0.1, 0.15) is 6.04 Å². The zero-order chi connectivity index (χ0) is 21.1. The van der Waals surface area contributed by atoms with E-state index in [-0.39, 0.29) is 24.0 Å². The molecule has 2 N–H and O–H groups in total. The lowest BCUT2D eigenvalue weighted by atomic mass is 9.53. The Balaban J connectivity index is 1.21. The second kappa shape index (κ2) is 8.62. The van der Waals surface area contributed by atoms with E-state index in [4.69, 9.17) is 4.74 Å². The van der Waals surface area contributed by atoms with Gasteiger partial charge in [0.05, 0.1) is 0 Å². The van der Waals surface area contributed by atoms with Crippen molar-refractivity contribution in [1.29, 1.82) is 0 Å². The second-order valence-corrected chi connectivity index (χ2v) is 9.33. The van der Waals surface area contributed by atoms with Crippen molar-refractivity contribution in [1.82, 2.24) is 10.6 Å². The van der Waals surface area contributed by atoms with Gasteiger partial charge in [-0.25, -0.2) is 4.79 Å². The molecule has 4 saturated carbocycles. The first-order chi connectivity index (χ1) is 14.4. The molecule has 6 nitrogen and oxygen atoms in total. The van der Waals surface area contributed by atoms with Crippen molar-refractivity contribution >= 4 is 23.9 Å². The molecule has 4 bridgehead atoms. The van der Waals surface area contributed by atoms with Crippen molar-refractivity contribution < 1.29 is 19.1 Å². The summed E-state index contributed by atoms with van der Waals surface area (Å²) >= 11 is 0. The van der Waals surface area contributed by atoms with Gasteiger partial charge >= 0.3 is 5.97 Å². The number of nitrogens with one attached hydrogen (secondary N) is 2. The molecule has 0 radical (unpaired) electrons. The number of benzene rings is 1. The second-order valence-electron chi connectivity index (χ2n) is 9.33. The quantitative estimate of drug-likeness (QED) is 0.535. The third-order valence-electron chi connectivity index (χ3n) is 6.73. The molecule has 160 valence electrons. The molecule has 4 aliphatic carbocycles. The maximum Gasteiger partial charge on any atom is 0.328 e. The first-order valence-electron chi connectivity index (χ1n) is 10.9. The lowest BCUT2D eigenvalue weighted by Gasteiger charge is -2.56. The van der Waals surface area contributed by atoms with Crippen LogP contribution >= 0.6 is 0 Å². The van der Waals surface area contributed by atoms with E-state index in [9.17, 15) is 14.4 Å². The number of amides is 2. The molecule has 1 aromatic rings. The Kier molecular flexibility index (Phi) is 5.93. The van der Waals surface area contributed by atoms with Crippen LogP contribution in [0, 0.1) is 17.8 Å². The van der Waals surface area contributed by atoms with E-state index in [2.05, 4.69) is 10.6 Å². The third kappa shape index (κ3) is 4.91. The molecule has 0 aliphatic heterocycles. The summed E-state index contributed by atoms with van der Waals surface area (Å²) in [7, 11) is 0. The monoisotopic (exact) mass is 410 g/mol. The summed E-state index contributed by atoms with van der Waals surface area (Å²) in [6, 6.07) is 8.59. The Morgan fingerprint density at radius 2 is 1.67 bits per heavy atom. The average Bonchev–Trinajstić information content (AvgIpc) is 2.70. The van der Waals surface area contributed by atoms with Gasteiger partial charge < -0.3 is 15.4 Å². The maximum atomic E-state index is 12.4. The molecule has 0 aromatic heterocycles. The average molecular weight is 411 g/mol. The summed E-state index contributed by atoms with van der Waals surface area (Å²) in [6.45, 7) is 1.24. The highest BCUT2D eigenvalue weighted by atomic mass is 16.5. The molecular formula is C24H30N2O4. The van der Waals surface area contributed by atoms with Crippen molar-refractivity contribution in [3.63, 3.8) is 0 Å². The molecule has 0 unspecified atom stereocenters. The fourth-order valence-electron chi connectivity index (χ4n) is 5.91. The minimum atomic E-state index is -0.828. The standard InChI is InChI=1S/C24H30N2O4/c1-16(25-21(27)8-7-17-5-3-2-4-6-17)23(29)30-15-22(28)26-24-12-18-9-19(13-24)11-20(10-18)14-24/h2-8,16,18-20H,9-15H2,1H3,(H,25,27)(H,26,28)/b8-7+/t16-,18?,19?,20?,24?/m0/s1. The molecule has 1 atom stereocenters. The van der Waals surface area contributed by atoms with Crippen LogP contribution in [0.1, 0.15) is 51.0 Å². The van der Waals surface area contributed by atoms with Crippen LogP contribution < -0.4 is 10.6 Å². The maximum absolute atomic E-state index is 12.4. The van der Waals surface area contributed by atoms with Crippen molar-refractivity contribution in [2.45, 2.75) is 57.0 Å². The minimum Gasteiger partial charge on any atom is -0.454 e. The highest BCUT2D eigenvalue weighted by molar-refractivity contribution is 5.94. The van der Waals surface area contributed by atoms with Crippen LogP contribution in [0.4, 0.5) is 0 Å². The molecular weight excluding hydrogens is 380 g/mol. The van der Waals surface area contributed by atoms with Crippen LogP contribution in [-0.2, 0) is 19.1 Å². The zero-order valence-electron chi connectivity index (χ0n) is 17.4. The summed E-state index contributed by atoms with van der Waals surface area (Å²) in [5.41, 5.74) is 0.796. The van der Waals surface area contributed by atoms with E-state index in [0.29, 0.717) is 0 Å². The lowest BCUT2D eigenvalue weighted by Crippen LogP contribution is -2.60. The van der Waals surface area contributed by atoms with Gasteiger partial charge in [0.25, 0.3) is 5.91 Å². The van der Waals surface area contributed by atoms with Crippen LogP contribution in [0.25, 0.3) is 6.08 Å². The van der Waals surface area contributed by atoms with Crippen molar-refractivity contribution in [2.75, 3.05) is 6.61 Å². The number of rotatable bonds is 7. The molecule has 0 spiro atoms. The summed E-state index contributed by atoms with van der Waals surface area (Å²) in [5, 5.41) is 5.75. The van der Waals surface area contributed by atoms with Gasteiger partial charge in [-0.1, -0.05) is 30.3 Å². The Morgan fingerprint density at radius 1 is 1.07 bits per heavy atom. The zero-order valence-corrected chi connectivity index (χ0v) is 17.4. The van der Waals surface area contributed by atoms with Gasteiger partial charge in [0.15, 0.2) is 6.61 Å². The number of hydrogen-bond donors (Lipinski definition) is 2. The Hall–Kier alpha value is -2.63. The topological polar surface area (TPSA) is 84.5 Å². The third-order valence-corrected chi connectivity index (χ3v) is 6.73. The van der Waals surface area contributed by atoms with Crippen LogP contribution in [0.5, 0.6) is 0 Å². The smallest absolute Gasteiger partial charge is 0.328 e. The molecule has 5 rings (SSSR count). The number of ether oxygens (including phenoxy) is 1. The fraction of sp³-hybridized carbons (Fsp3) is 0.542. The van der Waals surface area contributed by atoms with Gasteiger partial charge in [0.2, 0.25) is 5.91 Å². The van der Waals surface area contributed by atoms with Crippen LogP contribution in [0.2, 0.25) is 0 Å². The van der Waals surface area contributed by atoms with Crippen molar-refractivity contribution in [2.24, 2.45) is 17.8 Å². The number of hydrogen-bond acceptors (Lipinski definition) is 4. The Labute approximate surface area is 177 Å². The van der Waals surface area contributed by atoms with Crippen LogP contribution in [0.3, 0.4) is 0 Å². The van der Waals surface area contributed by atoms with Crippen LogP contribution in [0.15, 0.2) is 36.4 Å². The van der Waals surface area contributed by atoms with E-state index in [1.165, 1.54) is 25.3 Å². The van der Waals surface area contributed by atoms with E-state index >= 15 is 0 Å². The van der Waals surface area contributed by atoms with E-state index in [0.717, 1.165) is 42.6 Å². The fourth-order valence-corrected chi connectivity index (χ4v) is 5.91. The number of carbonyl (C=O) groups excluding carboxylic acids is 3. The molecule has 4 fully saturated rings. The highest BCUT2D eigenvalue weighted by Crippen LogP contribution is 2.55. The predicted molar refractivity (Wildman–Crippen MR) is 113 cm³/mol. The molecule has 0 saturated heterocycles. The normalized spacial score (nSPS) is 30.1.